The number of nitrogens with zero attached hydrogens (tertiary/aromatic N) is 3. The zero-order valence-corrected chi connectivity index (χ0v) is 23.2. The van der Waals surface area contributed by atoms with Crippen LogP contribution in [0.1, 0.15) is 59.3 Å². The average Bonchev–Trinajstić information content (AvgIpc) is 3.26. The Hall–Kier alpha value is -3.38. The van der Waals surface area contributed by atoms with Crippen molar-refractivity contribution < 1.29 is 32.3 Å². The standard InChI is InChI=1S/C26H30ClFN4O2.C2HF3O2/c1-17-13-23-25(33)29-16-20(32(23)24(17)27)14-18-5-6-22(28)21(15-18)26(34)31-11-7-19(8-12-31)30-9-3-2-4-10-30;3-2(4,5)1(6)7/h5-6,13,15-16,19H,2-4,7-12,14H2,1H3,(H,29,33);(H,6,7). The number of hydrogen-bond donors (Lipinski definition) is 2. The van der Waals surface area contributed by atoms with Gasteiger partial charge in [0.15, 0.2) is 0 Å². The second kappa shape index (κ2) is 12.6. The van der Waals surface area contributed by atoms with Crippen molar-refractivity contribution >= 4 is 29.0 Å². The van der Waals surface area contributed by atoms with Crippen LogP contribution in [0, 0.1) is 12.7 Å². The smallest absolute Gasteiger partial charge is 0.475 e. The van der Waals surface area contributed by atoms with Crippen LogP contribution in [-0.4, -0.2) is 74.6 Å². The SMILES string of the molecule is Cc1cc2c(=O)[nH]cc(Cc3ccc(F)c(C(=O)N4CCC(N5CCCCC5)CC4)c3)n2c1Cl.O=C(O)C(F)(F)F. The molecule has 0 atom stereocenters. The number of carboxylic acids is 1. The van der Waals surface area contributed by atoms with Gasteiger partial charge in [-0.25, -0.2) is 9.18 Å². The maximum absolute atomic E-state index is 14.7. The molecule has 0 bridgehead atoms. The highest BCUT2D eigenvalue weighted by atomic mass is 35.5. The number of aromatic amines is 1. The number of likely N-dealkylation sites (tertiary alicyclic amines) is 2. The minimum atomic E-state index is -5.08. The largest absolute Gasteiger partial charge is 0.490 e. The van der Waals surface area contributed by atoms with E-state index in [0.29, 0.717) is 36.2 Å². The van der Waals surface area contributed by atoms with Crippen molar-refractivity contribution in [3.63, 3.8) is 0 Å². The summed E-state index contributed by atoms with van der Waals surface area (Å²) in [6.45, 7) is 5.46. The van der Waals surface area contributed by atoms with Crippen LogP contribution in [0.5, 0.6) is 0 Å². The van der Waals surface area contributed by atoms with E-state index in [1.54, 1.807) is 33.7 Å². The summed E-state index contributed by atoms with van der Waals surface area (Å²) in [4.78, 5) is 41.4. The maximum atomic E-state index is 14.7. The lowest BCUT2D eigenvalue weighted by atomic mass is 9.98. The summed E-state index contributed by atoms with van der Waals surface area (Å²) in [6.07, 6.45) is 2.64. The quantitative estimate of drug-likeness (QED) is 0.410. The normalized spacial score (nSPS) is 16.9. The van der Waals surface area contributed by atoms with E-state index in [1.165, 1.54) is 25.3 Å². The van der Waals surface area contributed by atoms with Crippen molar-refractivity contribution in [3.05, 3.63) is 74.2 Å². The van der Waals surface area contributed by atoms with E-state index in [9.17, 15) is 27.2 Å². The summed E-state index contributed by atoms with van der Waals surface area (Å²) in [7, 11) is 0. The monoisotopic (exact) mass is 598 g/mol. The van der Waals surface area contributed by atoms with E-state index < -0.39 is 18.0 Å². The Bertz CT molecular complexity index is 1470. The number of nitrogens with one attached hydrogen (secondary N) is 1. The molecule has 222 valence electrons. The Morgan fingerprint density at radius 3 is 2.32 bits per heavy atom. The number of benzene rings is 1. The number of piperidine rings is 2. The number of carboxylic acid groups (broad SMARTS) is 1. The van der Waals surface area contributed by atoms with E-state index in [0.717, 1.165) is 42.8 Å². The molecular weight excluding hydrogens is 568 g/mol. The van der Waals surface area contributed by atoms with Crippen molar-refractivity contribution in [2.24, 2.45) is 0 Å². The van der Waals surface area contributed by atoms with Crippen LogP contribution in [0.3, 0.4) is 0 Å². The summed E-state index contributed by atoms with van der Waals surface area (Å²) in [5.41, 5.74) is 2.70. The van der Waals surface area contributed by atoms with Crippen LogP contribution < -0.4 is 5.56 Å². The summed E-state index contributed by atoms with van der Waals surface area (Å²) >= 11 is 6.45. The number of aliphatic carboxylic acids is 1. The number of halogens is 5. The van der Waals surface area contributed by atoms with Crippen LogP contribution in [0.25, 0.3) is 5.52 Å². The lowest BCUT2D eigenvalue weighted by molar-refractivity contribution is -0.192. The van der Waals surface area contributed by atoms with Gasteiger partial charge in [-0.15, -0.1) is 0 Å². The number of carbonyl (C=O) groups is 2. The Morgan fingerprint density at radius 1 is 1.07 bits per heavy atom. The van der Waals surface area contributed by atoms with E-state index in [2.05, 4.69) is 9.88 Å². The van der Waals surface area contributed by atoms with Gasteiger partial charge in [-0.05, 0) is 75.0 Å². The highest BCUT2D eigenvalue weighted by Crippen LogP contribution is 2.25. The molecule has 13 heteroatoms. The third-order valence-corrected chi connectivity index (χ3v) is 8.02. The molecule has 4 heterocycles. The second-order valence-electron chi connectivity index (χ2n) is 10.4. The second-order valence-corrected chi connectivity index (χ2v) is 10.7. The Kier molecular flexibility index (Phi) is 9.43. The Balaban J connectivity index is 0.000000493. The predicted octanol–water partition coefficient (Wildman–Crippen LogP) is 5.04. The van der Waals surface area contributed by atoms with Crippen molar-refractivity contribution in [1.29, 1.82) is 0 Å². The van der Waals surface area contributed by atoms with Crippen LogP contribution in [0.2, 0.25) is 5.15 Å². The Labute approximate surface area is 238 Å². The average molecular weight is 599 g/mol. The molecule has 2 aliphatic heterocycles. The molecular formula is C28H31ClF4N4O4. The molecule has 1 aromatic carbocycles. The van der Waals surface area contributed by atoms with E-state index in [1.807, 2.05) is 6.92 Å². The fourth-order valence-corrected chi connectivity index (χ4v) is 5.67. The lowest BCUT2D eigenvalue weighted by Gasteiger charge is -2.40. The third kappa shape index (κ3) is 7.10. The highest BCUT2D eigenvalue weighted by Gasteiger charge is 2.38. The molecule has 0 spiro atoms. The zero-order valence-electron chi connectivity index (χ0n) is 22.4. The molecule has 5 rings (SSSR count). The first-order valence-electron chi connectivity index (χ1n) is 13.4. The summed E-state index contributed by atoms with van der Waals surface area (Å²) in [5, 5.41) is 7.60. The van der Waals surface area contributed by atoms with Crippen molar-refractivity contribution in [3.8, 4) is 0 Å². The molecule has 41 heavy (non-hydrogen) atoms. The number of carbonyl (C=O) groups excluding carboxylic acids is 1. The summed E-state index contributed by atoms with van der Waals surface area (Å²) < 4.78 is 48.2. The molecule has 2 aliphatic rings. The molecule has 2 fully saturated rings. The third-order valence-electron chi connectivity index (χ3n) is 7.55. The molecule has 0 aliphatic carbocycles. The van der Waals surface area contributed by atoms with Crippen LogP contribution in [0.4, 0.5) is 17.6 Å². The fourth-order valence-electron chi connectivity index (χ4n) is 5.42. The molecule has 8 nitrogen and oxygen atoms in total. The zero-order chi connectivity index (χ0) is 29.9. The maximum Gasteiger partial charge on any atom is 0.490 e. The van der Waals surface area contributed by atoms with Crippen molar-refractivity contribution in [2.75, 3.05) is 26.2 Å². The van der Waals surface area contributed by atoms with Gasteiger partial charge >= 0.3 is 12.1 Å². The number of fused-ring (bicyclic) bond motifs is 1. The molecule has 0 saturated carbocycles. The van der Waals surface area contributed by atoms with Gasteiger partial charge in [0.25, 0.3) is 11.5 Å². The van der Waals surface area contributed by atoms with Crippen molar-refractivity contribution in [2.45, 2.75) is 57.7 Å². The molecule has 2 N–H and O–H groups in total. The van der Waals surface area contributed by atoms with Crippen molar-refractivity contribution in [1.82, 2.24) is 19.2 Å². The van der Waals surface area contributed by atoms with Gasteiger partial charge in [0.1, 0.15) is 16.5 Å². The van der Waals surface area contributed by atoms with Crippen LogP contribution in [-0.2, 0) is 11.2 Å². The van der Waals surface area contributed by atoms with Crippen LogP contribution in [0.15, 0.2) is 35.3 Å². The molecule has 2 saturated heterocycles. The minimum absolute atomic E-state index is 0.101. The Morgan fingerprint density at radius 2 is 1.71 bits per heavy atom. The van der Waals surface area contributed by atoms with Gasteiger partial charge in [-0.2, -0.15) is 13.2 Å². The molecule has 1 amide bonds. The lowest BCUT2D eigenvalue weighted by Crippen LogP contribution is -2.48. The first-order chi connectivity index (χ1) is 19.4. The molecule has 0 radical (unpaired) electrons. The van der Waals surface area contributed by atoms with E-state index in [-0.39, 0.29) is 17.0 Å². The first kappa shape index (κ1) is 30.6. The van der Waals surface area contributed by atoms with E-state index >= 15 is 0 Å². The summed E-state index contributed by atoms with van der Waals surface area (Å²) in [6, 6.07) is 6.94. The number of amides is 1. The topological polar surface area (TPSA) is 98.1 Å². The van der Waals surface area contributed by atoms with E-state index in [4.69, 9.17) is 21.5 Å². The fraction of sp³-hybridized carbons (Fsp3) is 0.464. The van der Waals surface area contributed by atoms with Gasteiger partial charge in [0, 0.05) is 37.4 Å². The summed E-state index contributed by atoms with van der Waals surface area (Å²) in [5.74, 6) is -3.52. The van der Waals surface area contributed by atoms with Crippen LogP contribution >= 0.6 is 11.6 Å². The first-order valence-corrected chi connectivity index (χ1v) is 13.7. The van der Waals surface area contributed by atoms with Gasteiger partial charge in [0.05, 0.1) is 5.56 Å². The van der Waals surface area contributed by atoms with Gasteiger partial charge in [-0.3, -0.25) is 14.0 Å². The molecule has 0 unspecified atom stereocenters. The number of H-pyrrole nitrogens is 1. The van der Waals surface area contributed by atoms with Gasteiger partial charge < -0.3 is 19.9 Å². The molecule has 2 aromatic heterocycles. The highest BCUT2D eigenvalue weighted by molar-refractivity contribution is 6.30. The number of aryl methyl sites for hydroxylation is 1. The van der Waals surface area contributed by atoms with Gasteiger partial charge in [0.2, 0.25) is 0 Å². The van der Waals surface area contributed by atoms with Gasteiger partial charge in [-0.1, -0.05) is 24.1 Å². The molecule has 3 aromatic rings. The predicted molar refractivity (Wildman–Crippen MR) is 145 cm³/mol. The number of alkyl halides is 3. The minimum Gasteiger partial charge on any atom is -0.475 e. The number of hydrogen-bond acceptors (Lipinski definition) is 4. The number of aromatic nitrogens is 2. The number of rotatable bonds is 4.